The van der Waals surface area contributed by atoms with Gasteiger partial charge in [0.05, 0.1) is 50.3 Å². The Hall–Kier alpha value is -4.77. The number of carbonyl (C=O) groups excluding carboxylic acids is 2. The van der Waals surface area contributed by atoms with Crippen LogP contribution in [0, 0.1) is 0 Å². The molecule has 0 bridgehead atoms. The minimum atomic E-state index is -1.05. The molecule has 216 valence electrons. The Morgan fingerprint density at radius 3 is 2.38 bits per heavy atom. The third-order valence-corrected chi connectivity index (χ3v) is 8.42. The summed E-state index contributed by atoms with van der Waals surface area (Å²) < 4.78 is 28.6. The fraction of sp³-hybridized carbons (Fsp3) is 0.258. The van der Waals surface area contributed by atoms with Crippen molar-refractivity contribution in [3.63, 3.8) is 0 Å². The summed E-state index contributed by atoms with van der Waals surface area (Å²) in [5.74, 6) is 0.402. The molecule has 3 aromatic carbocycles. The van der Waals surface area contributed by atoms with Crippen LogP contribution in [0.1, 0.15) is 29.7 Å². The van der Waals surface area contributed by atoms with Crippen LogP contribution in [0.2, 0.25) is 0 Å². The molecule has 0 spiro atoms. The van der Waals surface area contributed by atoms with Crippen molar-refractivity contribution in [3.8, 4) is 28.7 Å². The number of methoxy groups -OCH3 is 4. The Morgan fingerprint density at radius 2 is 1.71 bits per heavy atom. The van der Waals surface area contributed by atoms with Gasteiger partial charge in [-0.05, 0) is 66.6 Å². The molecule has 42 heavy (non-hydrogen) atoms. The second-order valence-electron chi connectivity index (χ2n) is 9.91. The standard InChI is InChI=1S/C31H28N2O8S/c1-15-10-17-11-16(6-9-21(17)41-15)27(34)25-26(18-12-22(38-3)29(40-5)23(13-18)39-4)33(30(36)28(25)35)31-32-20-8-7-19(37-2)14-24(20)42-31/h6-9,11-15,26,34H,10H2,1-5H3/b27-25+/t15-,26+/m0/s1. The largest absolute Gasteiger partial charge is 0.507 e. The summed E-state index contributed by atoms with van der Waals surface area (Å²) in [6.45, 7) is 1.96. The number of ketones is 1. The molecule has 6 rings (SSSR count). The topological polar surface area (TPSA) is 117 Å². The molecule has 1 N–H and O–H groups in total. The zero-order valence-corrected chi connectivity index (χ0v) is 24.4. The van der Waals surface area contributed by atoms with E-state index in [0.717, 1.165) is 16.0 Å². The smallest absolute Gasteiger partial charge is 0.301 e. The lowest BCUT2D eigenvalue weighted by molar-refractivity contribution is -0.132. The number of hydrogen-bond donors (Lipinski definition) is 1. The number of aliphatic hydroxyl groups is 1. The van der Waals surface area contributed by atoms with Gasteiger partial charge >= 0.3 is 5.91 Å². The summed E-state index contributed by atoms with van der Waals surface area (Å²) in [7, 11) is 6.01. The monoisotopic (exact) mass is 588 g/mol. The Kier molecular flexibility index (Phi) is 6.90. The molecule has 1 aromatic heterocycles. The molecule has 4 aromatic rings. The summed E-state index contributed by atoms with van der Waals surface area (Å²) in [6, 6.07) is 12.9. The molecule has 3 heterocycles. The highest BCUT2D eigenvalue weighted by Gasteiger charge is 2.49. The van der Waals surface area contributed by atoms with Crippen LogP contribution >= 0.6 is 11.3 Å². The average Bonchev–Trinajstić information content (AvgIpc) is 3.67. The van der Waals surface area contributed by atoms with E-state index in [1.54, 1.807) is 49.6 Å². The molecule has 0 radical (unpaired) electrons. The average molecular weight is 589 g/mol. The highest BCUT2D eigenvalue weighted by atomic mass is 32.1. The van der Waals surface area contributed by atoms with Crippen molar-refractivity contribution >= 4 is 44.1 Å². The number of carbonyl (C=O) groups is 2. The van der Waals surface area contributed by atoms with Crippen molar-refractivity contribution in [2.24, 2.45) is 0 Å². The Labute approximate surface area is 245 Å². The molecule has 2 atom stereocenters. The second kappa shape index (κ2) is 10.6. The Bertz CT molecular complexity index is 1750. The number of Topliss-reactive ketones (excluding diaryl/α,β-unsaturated/α-hetero) is 1. The number of ether oxygens (including phenoxy) is 5. The van der Waals surface area contributed by atoms with Gasteiger partial charge in [0.2, 0.25) is 5.75 Å². The third-order valence-electron chi connectivity index (χ3n) is 7.41. The number of aliphatic hydroxyl groups excluding tert-OH is 1. The fourth-order valence-electron chi connectivity index (χ4n) is 5.45. The first-order valence-corrected chi connectivity index (χ1v) is 13.9. The van der Waals surface area contributed by atoms with Crippen LogP contribution in [0.25, 0.3) is 16.0 Å². The lowest BCUT2D eigenvalue weighted by Crippen LogP contribution is -2.29. The van der Waals surface area contributed by atoms with Gasteiger partial charge in [0.15, 0.2) is 16.6 Å². The van der Waals surface area contributed by atoms with Gasteiger partial charge in [-0.3, -0.25) is 14.5 Å². The minimum absolute atomic E-state index is 0.000125. The van der Waals surface area contributed by atoms with Crippen LogP contribution in [-0.2, 0) is 16.0 Å². The van der Waals surface area contributed by atoms with E-state index in [4.69, 9.17) is 23.7 Å². The van der Waals surface area contributed by atoms with Crippen LogP contribution in [0.15, 0.2) is 54.1 Å². The normalized spacial score (nSPS) is 19.1. The van der Waals surface area contributed by atoms with Gasteiger partial charge in [-0.15, -0.1) is 0 Å². The van der Waals surface area contributed by atoms with E-state index in [9.17, 15) is 14.7 Å². The predicted octanol–water partition coefficient (Wildman–Crippen LogP) is 5.28. The maximum atomic E-state index is 13.8. The van der Waals surface area contributed by atoms with Crippen LogP contribution in [0.5, 0.6) is 28.7 Å². The number of amides is 1. The van der Waals surface area contributed by atoms with Gasteiger partial charge in [-0.2, -0.15) is 0 Å². The summed E-state index contributed by atoms with van der Waals surface area (Å²) >= 11 is 1.24. The third kappa shape index (κ3) is 4.37. The maximum absolute atomic E-state index is 13.8. The van der Waals surface area contributed by atoms with Crippen molar-refractivity contribution < 1.29 is 38.4 Å². The van der Waals surface area contributed by atoms with Gasteiger partial charge in [-0.1, -0.05) is 11.3 Å². The van der Waals surface area contributed by atoms with Gasteiger partial charge in [0.1, 0.15) is 23.4 Å². The molecule has 10 nitrogen and oxygen atoms in total. The molecule has 1 fully saturated rings. The van der Waals surface area contributed by atoms with Crippen LogP contribution in [0.3, 0.4) is 0 Å². The molecule has 0 unspecified atom stereocenters. The highest BCUT2D eigenvalue weighted by molar-refractivity contribution is 7.22. The van der Waals surface area contributed by atoms with E-state index >= 15 is 0 Å². The van der Waals surface area contributed by atoms with Crippen LogP contribution < -0.4 is 28.6 Å². The van der Waals surface area contributed by atoms with E-state index in [2.05, 4.69) is 4.98 Å². The van der Waals surface area contributed by atoms with Crippen molar-refractivity contribution in [3.05, 3.63) is 70.8 Å². The molecule has 0 saturated carbocycles. The number of anilines is 1. The molecule has 1 amide bonds. The van der Waals surface area contributed by atoms with E-state index in [1.165, 1.54) is 37.6 Å². The first kappa shape index (κ1) is 27.4. The minimum Gasteiger partial charge on any atom is -0.507 e. The Morgan fingerprint density at radius 1 is 0.976 bits per heavy atom. The van der Waals surface area contributed by atoms with E-state index < -0.39 is 17.7 Å². The Balaban J connectivity index is 1.58. The number of aromatic nitrogens is 1. The number of hydrogen-bond acceptors (Lipinski definition) is 10. The summed E-state index contributed by atoms with van der Waals surface area (Å²) in [6.07, 6.45) is 0.663. The summed E-state index contributed by atoms with van der Waals surface area (Å²) in [5, 5.41) is 12.0. The molecule has 1 saturated heterocycles. The fourth-order valence-corrected chi connectivity index (χ4v) is 6.47. The predicted molar refractivity (Wildman–Crippen MR) is 157 cm³/mol. The second-order valence-corrected chi connectivity index (χ2v) is 10.9. The molecule has 2 aliphatic rings. The molecular weight excluding hydrogens is 560 g/mol. The number of thiazole rings is 1. The van der Waals surface area contributed by atoms with Gasteiger partial charge in [-0.25, -0.2) is 4.98 Å². The zero-order valence-electron chi connectivity index (χ0n) is 23.6. The zero-order chi connectivity index (χ0) is 29.7. The molecule has 0 aliphatic carbocycles. The van der Waals surface area contributed by atoms with Gasteiger partial charge < -0.3 is 28.8 Å². The number of nitrogens with zero attached hydrogens (tertiary/aromatic N) is 2. The molecule has 2 aliphatic heterocycles. The lowest BCUT2D eigenvalue weighted by Gasteiger charge is -2.24. The first-order chi connectivity index (χ1) is 20.3. The quantitative estimate of drug-likeness (QED) is 0.175. The first-order valence-electron chi connectivity index (χ1n) is 13.1. The van der Waals surface area contributed by atoms with E-state index in [1.807, 2.05) is 13.0 Å². The van der Waals surface area contributed by atoms with Crippen molar-refractivity contribution in [1.82, 2.24) is 4.98 Å². The molecular formula is C31H28N2O8S. The van der Waals surface area contributed by atoms with E-state index in [0.29, 0.717) is 46.1 Å². The van der Waals surface area contributed by atoms with Crippen molar-refractivity contribution in [2.45, 2.75) is 25.5 Å². The van der Waals surface area contributed by atoms with Gasteiger partial charge in [0, 0.05) is 12.0 Å². The maximum Gasteiger partial charge on any atom is 0.301 e. The van der Waals surface area contributed by atoms with Crippen molar-refractivity contribution in [1.29, 1.82) is 0 Å². The SMILES string of the molecule is COc1ccc2nc(N3C(=O)C(=O)/C(=C(/O)c4ccc5c(c4)C[C@H](C)O5)[C@H]3c3cc(OC)c(OC)c(OC)c3)sc2c1. The highest BCUT2D eigenvalue weighted by Crippen LogP contribution is 2.48. The van der Waals surface area contributed by atoms with Crippen LogP contribution in [-0.4, -0.2) is 56.3 Å². The number of benzene rings is 3. The van der Waals surface area contributed by atoms with E-state index in [-0.39, 0.29) is 22.6 Å². The lowest BCUT2D eigenvalue weighted by atomic mass is 9.94. The van der Waals surface area contributed by atoms with Crippen molar-refractivity contribution in [2.75, 3.05) is 33.3 Å². The van der Waals surface area contributed by atoms with Gasteiger partial charge in [0.25, 0.3) is 5.78 Å². The van der Waals surface area contributed by atoms with Crippen LogP contribution in [0.4, 0.5) is 5.13 Å². The number of fused-ring (bicyclic) bond motifs is 2. The number of rotatable bonds is 7. The summed E-state index contributed by atoms with van der Waals surface area (Å²) in [5.41, 5.74) is 2.31. The summed E-state index contributed by atoms with van der Waals surface area (Å²) in [4.78, 5) is 33.5. The molecule has 11 heteroatoms.